The predicted molar refractivity (Wildman–Crippen MR) is 370 cm³/mol. The number of aliphatic hydroxyl groups is 9. The van der Waals surface area contributed by atoms with E-state index < -0.39 is 147 Å². The lowest BCUT2D eigenvalue weighted by Crippen LogP contribution is -2.64. The van der Waals surface area contributed by atoms with E-state index >= 15 is 0 Å². The van der Waals surface area contributed by atoms with Crippen molar-refractivity contribution in [2.75, 3.05) is 125 Å². The van der Waals surface area contributed by atoms with Crippen LogP contribution in [0.25, 0.3) is 10.4 Å². The van der Waals surface area contributed by atoms with E-state index in [0.717, 1.165) is 0 Å². The molecule has 8 amide bonds. The molecule has 0 aromatic carbocycles. The zero-order chi connectivity index (χ0) is 78.2. The number of hydrogen-bond donors (Lipinski definition) is 17. The van der Waals surface area contributed by atoms with Gasteiger partial charge in [0.25, 0.3) is 0 Å². The van der Waals surface area contributed by atoms with E-state index in [-0.39, 0.29) is 199 Å². The molecule has 608 valence electrons. The van der Waals surface area contributed by atoms with Gasteiger partial charge in [0.2, 0.25) is 47.3 Å². The summed E-state index contributed by atoms with van der Waals surface area (Å²) in [6, 6.07) is -1.10. The first kappa shape index (κ1) is 93.9. The summed E-state index contributed by atoms with van der Waals surface area (Å²) < 4.78 is 51.9. The number of ether oxygens (including phenoxy) is 9. The van der Waals surface area contributed by atoms with Crippen LogP contribution in [0.15, 0.2) is 5.11 Å². The van der Waals surface area contributed by atoms with Crippen molar-refractivity contribution in [2.24, 2.45) is 17.0 Å². The number of unbranched alkanes of at least 4 members (excludes halogenated alkanes) is 3. The number of azide groups is 1. The largest absolute Gasteiger partial charge is 0.394 e. The van der Waals surface area contributed by atoms with E-state index in [1.165, 1.54) is 20.8 Å². The number of nitrogens with zero attached hydrogens (tertiary/aromatic N) is 3. The van der Waals surface area contributed by atoms with Gasteiger partial charge in [0.05, 0.1) is 71.7 Å². The number of ketones is 2. The standard InChI is InChI=1S/C67H117N11O28/c1-42(82)34-45-58(92)60(94)47(36-79)104-64(45)101-28-7-4-14-50(85)69-21-11-24-72-53(88)18-31-98-39-67(77-56(91)17-10-27-75-78-68,40-99-32-19-54(89)73-25-12-22-70-51(86)15-5-8-29-102-65-46(35-43(2)83)59(93)61(95)48(37-80)105-65)41-100-33-20-55(90)74-26-13-23-71-52(87)16-6-9-30-103-66-57(76-44(3)84)63(97)62(96)49(38-81)106-66/h45-49,57-66,79-81,92-97H,4-41H2,1-3H3,(H,69,85)(H,70,86)(H,71,87)(H,72,88)(H,73,89)(H,74,90)(H,76,84)(H,77,91)/t45-,46-,47-,48-,49-,57-,58-,59-,60+,61+,62+,63-,64-,65-,66-/m1/s1. The van der Waals surface area contributed by atoms with Gasteiger partial charge in [-0.1, -0.05) is 5.11 Å². The third-order valence-electron chi connectivity index (χ3n) is 17.2. The maximum absolute atomic E-state index is 13.5. The van der Waals surface area contributed by atoms with Crippen molar-refractivity contribution in [3.05, 3.63) is 10.4 Å². The lowest BCUT2D eigenvalue weighted by atomic mass is 9.87. The van der Waals surface area contributed by atoms with Gasteiger partial charge >= 0.3 is 0 Å². The fourth-order valence-electron chi connectivity index (χ4n) is 11.5. The van der Waals surface area contributed by atoms with Crippen LogP contribution in [0.5, 0.6) is 0 Å². The second kappa shape index (κ2) is 54.3. The van der Waals surface area contributed by atoms with Gasteiger partial charge in [-0.3, -0.25) is 38.4 Å². The molecule has 0 bridgehead atoms. The minimum atomic E-state index is -1.47. The summed E-state index contributed by atoms with van der Waals surface area (Å²) in [6.45, 7) is 2.48. The summed E-state index contributed by atoms with van der Waals surface area (Å²) >= 11 is 0. The molecular weight excluding hydrogens is 1410 g/mol. The SMILES string of the molecule is CC(=O)C[C@H]1[C@H](OCCCCC(=O)NCCCNC(=O)CCOCC(COCCC(=O)NCCCNC(=O)CCCCO[C@@H]2O[C@H](CO)[C@H](O)[C@H](O)[C@H]2CC(C)=O)(COCCC(=O)NCCCNC(=O)CCCCO[C@@H]2O[C@H](CO)[C@H](O)[C@H](O)[C@H]2NC(C)=O)NC(=O)CCCN=[N+]=[N-])O[C@H](CO)[C@H](O)[C@@H]1O. The van der Waals surface area contributed by atoms with Crippen molar-refractivity contribution in [2.45, 2.75) is 228 Å². The molecule has 0 spiro atoms. The molecule has 3 rings (SSSR count). The molecule has 0 aromatic rings. The van der Waals surface area contributed by atoms with Crippen LogP contribution < -0.4 is 42.5 Å². The lowest BCUT2D eigenvalue weighted by molar-refractivity contribution is -0.285. The Kier molecular flexibility index (Phi) is 48.1. The maximum atomic E-state index is 13.5. The zero-order valence-corrected chi connectivity index (χ0v) is 61.2. The smallest absolute Gasteiger partial charge is 0.222 e. The van der Waals surface area contributed by atoms with Crippen molar-refractivity contribution in [1.29, 1.82) is 0 Å². The highest BCUT2D eigenvalue weighted by Gasteiger charge is 2.48. The van der Waals surface area contributed by atoms with Crippen LogP contribution in [-0.4, -0.2) is 315 Å². The zero-order valence-electron chi connectivity index (χ0n) is 61.2. The molecule has 0 radical (unpaired) electrons. The first-order valence-electron chi connectivity index (χ1n) is 36.4. The lowest BCUT2D eigenvalue weighted by Gasteiger charge is -2.42. The number of Topliss-reactive ketones (excluding diaryl/α,β-unsaturated/α-hetero) is 2. The van der Waals surface area contributed by atoms with E-state index in [0.29, 0.717) is 57.8 Å². The predicted octanol–water partition coefficient (Wildman–Crippen LogP) is -4.41. The van der Waals surface area contributed by atoms with Gasteiger partial charge in [-0.05, 0) is 83.6 Å². The van der Waals surface area contributed by atoms with E-state index in [2.05, 4.69) is 52.6 Å². The number of carbonyl (C=O) groups is 10. The third-order valence-corrected chi connectivity index (χ3v) is 17.2. The summed E-state index contributed by atoms with van der Waals surface area (Å²) in [5.74, 6) is -5.12. The molecule has 17 N–H and O–H groups in total. The minimum Gasteiger partial charge on any atom is -0.394 e. The first-order chi connectivity index (χ1) is 50.8. The Balaban J connectivity index is 1.49. The second-order valence-corrected chi connectivity index (χ2v) is 26.4. The number of hydrogen-bond acceptors (Lipinski definition) is 29. The van der Waals surface area contributed by atoms with Gasteiger partial charge in [-0.2, -0.15) is 0 Å². The molecule has 3 fully saturated rings. The topological polar surface area (TPSA) is 581 Å². The van der Waals surface area contributed by atoms with Crippen molar-refractivity contribution >= 4 is 58.8 Å². The van der Waals surface area contributed by atoms with Crippen molar-refractivity contribution in [3.63, 3.8) is 0 Å². The molecule has 106 heavy (non-hydrogen) atoms. The van der Waals surface area contributed by atoms with E-state index in [9.17, 15) is 93.9 Å². The van der Waals surface area contributed by atoms with Crippen LogP contribution >= 0.6 is 0 Å². The van der Waals surface area contributed by atoms with E-state index in [1.807, 2.05) is 0 Å². The van der Waals surface area contributed by atoms with Crippen LogP contribution in [0.2, 0.25) is 0 Å². The summed E-state index contributed by atoms with van der Waals surface area (Å²) in [4.78, 5) is 128. The van der Waals surface area contributed by atoms with Gasteiger partial charge in [0, 0.05) is 147 Å². The number of nitrogens with one attached hydrogen (secondary N) is 8. The molecule has 3 heterocycles. The Morgan fingerprint density at radius 2 is 0.726 bits per heavy atom. The highest BCUT2D eigenvalue weighted by atomic mass is 16.7. The number of rotatable bonds is 58. The molecule has 15 atom stereocenters. The van der Waals surface area contributed by atoms with Crippen LogP contribution in [-0.2, 0) is 90.6 Å². The number of amides is 8. The second-order valence-electron chi connectivity index (χ2n) is 26.4. The average Bonchev–Trinajstić information content (AvgIpc) is 0.824. The molecule has 39 heteroatoms. The summed E-state index contributed by atoms with van der Waals surface area (Å²) in [6.07, 6.45) is -11.5. The Hall–Kier alpha value is -6.31. The Morgan fingerprint density at radius 3 is 1.06 bits per heavy atom. The summed E-state index contributed by atoms with van der Waals surface area (Å²) in [5, 5.41) is 116. The molecule has 3 aliphatic heterocycles. The van der Waals surface area contributed by atoms with Gasteiger partial charge in [0.1, 0.15) is 65.9 Å². The molecule has 0 unspecified atom stereocenters. The van der Waals surface area contributed by atoms with Gasteiger partial charge < -0.3 is 141 Å². The molecule has 39 nitrogen and oxygen atoms in total. The van der Waals surface area contributed by atoms with Crippen LogP contribution in [0.4, 0.5) is 0 Å². The molecule has 0 saturated carbocycles. The van der Waals surface area contributed by atoms with Crippen molar-refractivity contribution in [3.8, 4) is 0 Å². The monoisotopic (exact) mass is 1520 g/mol. The van der Waals surface area contributed by atoms with Gasteiger partial charge in [-0.15, -0.1) is 0 Å². The van der Waals surface area contributed by atoms with Crippen molar-refractivity contribution < 1.29 is 137 Å². The third kappa shape index (κ3) is 38.2. The van der Waals surface area contributed by atoms with Crippen molar-refractivity contribution in [1.82, 2.24) is 42.5 Å². The number of aliphatic hydroxyl groups excluding tert-OH is 9. The maximum Gasteiger partial charge on any atom is 0.222 e. The fourth-order valence-corrected chi connectivity index (χ4v) is 11.5. The summed E-state index contributed by atoms with van der Waals surface area (Å²) in [5.41, 5.74) is 7.33. The van der Waals surface area contributed by atoms with Crippen LogP contribution in [0, 0.1) is 11.8 Å². The average molecular weight is 1520 g/mol. The normalized spacial score (nSPS) is 24.4. The molecule has 3 saturated heterocycles. The van der Waals surface area contributed by atoms with Crippen LogP contribution in [0.1, 0.15) is 143 Å². The van der Waals surface area contributed by atoms with Gasteiger partial charge in [-0.25, -0.2) is 0 Å². The molecule has 0 aliphatic carbocycles. The minimum absolute atomic E-state index is 0.0132. The first-order valence-corrected chi connectivity index (χ1v) is 36.4. The van der Waals surface area contributed by atoms with E-state index in [4.69, 9.17) is 48.2 Å². The Morgan fingerprint density at radius 1 is 0.406 bits per heavy atom. The molecular formula is C67H117N11O28. The Bertz CT molecular complexity index is 2430. The molecule has 0 aromatic heterocycles. The quantitative estimate of drug-likeness (QED) is 0.0118. The van der Waals surface area contributed by atoms with E-state index in [1.54, 1.807) is 0 Å². The Labute approximate surface area is 616 Å². The highest BCUT2D eigenvalue weighted by Crippen LogP contribution is 2.32. The van der Waals surface area contributed by atoms with Crippen LogP contribution in [0.3, 0.4) is 0 Å². The molecule has 3 aliphatic rings. The highest BCUT2D eigenvalue weighted by molar-refractivity contribution is 5.79. The number of carbonyl (C=O) groups excluding carboxylic acids is 10. The summed E-state index contributed by atoms with van der Waals surface area (Å²) in [7, 11) is 0. The fraction of sp³-hybridized carbons (Fsp3) is 0.851. The van der Waals surface area contributed by atoms with Gasteiger partial charge in [0.15, 0.2) is 18.9 Å².